The molecule has 2 N–H and O–H groups in total. The molecule has 2 aliphatic heterocycles. The van der Waals surface area contributed by atoms with Crippen molar-refractivity contribution in [2.24, 2.45) is 28.6 Å². The van der Waals surface area contributed by atoms with Gasteiger partial charge < -0.3 is 34.1 Å². The summed E-state index contributed by atoms with van der Waals surface area (Å²) >= 11 is 0. The van der Waals surface area contributed by atoms with E-state index in [0.717, 1.165) is 25.1 Å². The molecule has 3 heterocycles. The number of esters is 1. The summed E-state index contributed by atoms with van der Waals surface area (Å²) in [7, 11) is 2.02. The van der Waals surface area contributed by atoms with E-state index >= 15 is 4.39 Å². The molecule has 0 unspecified atom stereocenters. The Labute approximate surface area is 321 Å². The number of rotatable bonds is 5. The van der Waals surface area contributed by atoms with Gasteiger partial charge in [0.15, 0.2) is 23.0 Å². The fraction of sp³-hybridized carbons (Fsp3) is 0.628. The first kappa shape index (κ1) is 38.0. The van der Waals surface area contributed by atoms with Crippen LogP contribution in [-0.4, -0.2) is 94.4 Å². The van der Waals surface area contributed by atoms with Gasteiger partial charge in [0.2, 0.25) is 11.2 Å². The minimum Gasteiger partial charge on any atom is -0.487 e. The average molecular weight is 760 g/mol. The smallest absolute Gasteiger partial charge is 0.344 e. The molecule has 1 aromatic heterocycles. The Morgan fingerprint density at radius 1 is 1.09 bits per heavy atom. The number of anilines is 1. The normalized spacial score (nSPS) is 34.5. The van der Waals surface area contributed by atoms with Crippen LogP contribution in [0.4, 0.5) is 10.1 Å². The molecule has 0 bridgehead atoms. The van der Waals surface area contributed by atoms with E-state index in [9.17, 15) is 29.4 Å². The summed E-state index contributed by atoms with van der Waals surface area (Å²) in [5, 5.41) is 24.4. The van der Waals surface area contributed by atoms with Crippen LogP contribution < -0.4 is 15.1 Å². The van der Waals surface area contributed by atoms with E-state index in [0.29, 0.717) is 42.8 Å². The lowest BCUT2D eigenvalue weighted by Gasteiger charge is -2.59. The summed E-state index contributed by atoms with van der Waals surface area (Å²) in [6.07, 6.45) is 6.60. The van der Waals surface area contributed by atoms with Gasteiger partial charge in [-0.25, -0.2) is 9.18 Å². The van der Waals surface area contributed by atoms with E-state index in [2.05, 4.69) is 11.8 Å². The number of aliphatic hydroxyl groups is 2. The number of hydrogen-bond acceptors (Lipinski definition) is 10. The lowest BCUT2D eigenvalue weighted by molar-refractivity contribution is -0.188. The van der Waals surface area contributed by atoms with Gasteiger partial charge in [0.25, 0.3) is 0 Å². The molecule has 55 heavy (non-hydrogen) atoms. The molecule has 2 aromatic rings. The van der Waals surface area contributed by atoms with Crippen LogP contribution in [0.1, 0.15) is 94.4 Å². The minimum absolute atomic E-state index is 0.00483. The number of aliphatic hydroxyl groups excluding tert-OH is 1. The number of fused-ring (bicyclic) bond motifs is 5. The predicted octanol–water partition coefficient (Wildman–Crippen LogP) is 4.98. The van der Waals surface area contributed by atoms with Gasteiger partial charge in [-0.1, -0.05) is 25.5 Å². The van der Waals surface area contributed by atoms with Gasteiger partial charge in [-0.3, -0.25) is 14.4 Å². The maximum absolute atomic E-state index is 16.4. The molecule has 12 heteroatoms. The second kappa shape index (κ2) is 12.6. The maximum atomic E-state index is 16.4. The number of ether oxygens (including phenoxy) is 2. The number of hydrogen-bond donors (Lipinski definition) is 2. The second-order valence-electron chi connectivity index (χ2n) is 18.3. The summed E-state index contributed by atoms with van der Waals surface area (Å²) in [5.74, 6) is -2.33. The number of allylic oxidation sites excluding steroid dienone is 4. The number of carbonyl (C=O) groups excluding carboxylic acids is 3. The highest BCUT2D eigenvalue weighted by Gasteiger charge is 2.70. The third kappa shape index (κ3) is 5.22. The summed E-state index contributed by atoms with van der Waals surface area (Å²) in [6.45, 7) is 14.8. The third-order valence-corrected chi connectivity index (χ3v) is 14.8. The van der Waals surface area contributed by atoms with Crippen LogP contribution in [0.25, 0.3) is 10.9 Å². The van der Waals surface area contributed by atoms with E-state index in [4.69, 9.17) is 9.47 Å². The van der Waals surface area contributed by atoms with Crippen molar-refractivity contribution in [3.8, 4) is 5.75 Å². The van der Waals surface area contributed by atoms with Crippen molar-refractivity contribution < 1.29 is 38.5 Å². The monoisotopic (exact) mass is 759 g/mol. The zero-order chi connectivity index (χ0) is 39.7. The Morgan fingerprint density at radius 2 is 1.78 bits per heavy atom. The van der Waals surface area contributed by atoms with Crippen LogP contribution in [0, 0.1) is 48.2 Å². The molecule has 0 amide bonds. The molecule has 8 atom stereocenters. The topological polar surface area (TPSA) is 139 Å². The molecule has 1 saturated heterocycles. The number of ketones is 2. The van der Waals surface area contributed by atoms with Crippen LogP contribution in [0.15, 0.2) is 28.6 Å². The predicted molar refractivity (Wildman–Crippen MR) is 205 cm³/mol. The molecule has 1 aromatic carbocycles. The Balaban J connectivity index is 1.13. The number of piperazine rings is 1. The molecule has 4 aliphatic carbocycles. The minimum atomic E-state index is -1.93. The van der Waals surface area contributed by atoms with Gasteiger partial charge in [-0.15, -0.1) is 0 Å². The second-order valence-corrected chi connectivity index (χ2v) is 18.3. The molecular weight excluding hydrogens is 705 g/mol. The first-order valence-electron chi connectivity index (χ1n) is 19.9. The molecule has 6 aliphatic rings. The quantitative estimate of drug-likeness (QED) is 0.402. The first-order valence-corrected chi connectivity index (χ1v) is 19.9. The summed E-state index contributed by atoms with van der Waals surface area (Å²) in [4.78, 5) is 59.8. The number of Topliss-reactive ketones (excluding diaryl/α,β-unsaturated/α-hetero) is 1. The molecule has 3 saturated carbocycles. The highest BCUT2D eigenvalue weighted by Crippen LogP contribution is 2.67. The van der Waals surface area contributed by atoms with Crippen molar-refractivity contribution in [1.29, 1.82) is 0 Å². The van der Waals surface area contributed by atoms with Crippen LogP contribution in [0.2, 0.25) is 0 Å². The average Bonchev–Trinajstić information content (AvgIpc) is 3.38. The van der Waals surface area contributed by atoms with Crippen molar-refractivity contribution in [2.45, 2.75) is 104 Å². The Bertz CT molecular complexity index is 2170. The standard InChI is InChI=1S/C43H54FN3O8/c1-22-21-54-37-34-30(23(2)33(44)35(37)46-17-15-45(8)16-18-46)36(50)31(24(3)47(22)34)38(51)55-40(4,5)39(52)43(53)14-12-28-27-10-9-25-19-26(48)11-13-41(25,6)32(27)29(49)20-42(28,43)7/h11,13,19,22,27-29,32,49,53H,9-10,12,14-18,20-21H2,1-8H3/t22-,27-,28-,29-,32+,41-,42-,43-/m0/s1. The lowest BCUT2D eigenvalue weighted by atomic mass is 9.46. The number of likely N-dealkylation sites (N-methyl/N-ethyl adjacent to an activating group) is 1. The fourth-order valence-corrected chi connectivity index (χ4v) is 11.9. The number of pyridine rings is 1. The number of halogens is 1. The van der Waals surface area contributed by atoms with Crippen LogP contribution in [-0.2, 0) is 14.3 Å². The Morgan fingerprint density at radius 3 is 2.47 bits per heavy atom. The van der Waals surface area contributed by atoms with Crippen LogP contribution in [0.5, 0.6) is 5.75 Å². The van der Waals surface area contributed by atoms with E-state index in [1.807, 2.05) is 36.4 Å². The zero-order valence-electron chi connectivity index (χ0n) is 33.3. The Kier molecular flexibility index (Phi) is 8.69. The van der Waals surface area contributed by atoms with Crippen molar-refractivity contribution in [2.75, 3.05) is 44.7 Å². The highest BCUT2D eigenvalue weighted by molar-refractivity contribution is 6.03. The van der Waals surface area contributed by atoms with Gasteiger partial charge in [0, 0.05) is 54.2 Å². The van der Waals surface area contributed by atoms with Crippen molar-refractivity contribution >= 4 is 34.1 Å². The van der Waals surface area contributed by atoms with E-state index in [1.165, 1.54) is 13.8 Å². The molecule has 0 radical (unpaired) electrons. The third-order valence-electron chi connectivity index (χ3n) is 14.8. The molecular formula is C43H54FN3O8. The van der Waals surface area contributed by atoms with Gasteiger partial charge >= 0.3 is 5.97 Å². The molecule has 8 rings (SSSR count). The van der Waals surface area contributed by atoms with Crippen LogP contribution in [0.3, 0.4) is 0 Å². The fourth-order valence-electron chi connectivity index (χ4n) is 11.9. The first-order chi connectivity index (χ1) is 25.8. The highest BCUT2D eigenvalue weighted by atomic mass is 19.1. The number of aryl methyl sites for hydroxylation is 1. The SMILES string of the molecule is Cc1c(F)c(N2CCN(C)CC2)c2c3c1c(=O)c(C(=O)OC(C)(C)C(=O)[C@@]1(O)CC[C@H]4[C@@H]5CCC6=CC(=O)C=C[C@]6(C)[C@H]5[C@@H](O)C[C@@]41C)c(C)n3[C@@H](C)CO2. The van der Waals surface area contributed by atoms with Crippen molar-refractivity contribution in [3.05, 3.63) is 56.7 Å². The number of carbonyl (C=O) groups is 3. The van der Waals surface area contributed by atoms with Crippen molar-refractivity contribution in [1.82, 2.24) is 9.47 Å². The maximum Gasteiger partial charge on any atom is 0.344 e. The lowest BCUT2D eigenvalue weighted by Crippen LogP contribution is -2.64. The number of benzene rings is 1. The molecule has 4 fully saturated rings. The number of aromatic nitrogens is 1. The van der Waals surface area contributed by atoms with E-state index in [-0.39, 0.29) is 71.3 Å². The number of nitrogens with zero attached hydrogens (tertiary/aromatic N) is 3. The molecule has 0 spiro atoms. The van der Waals surface area contributed by atoms with Gasteiger partial charge in [-0.2, -0.15) is 0 Å². The Hall–Kier alpha value is -3.87. The largest absolute Gasteiger partial charge is 0.487 e. The van der Waals surface area contributed by atoms with Gasteiger partial charge in [0.05, 0.1) is 23.0 Å². The zero-order valence-corrected chi connectivity index (χ0v) is 33.3. The summed E-state index contributed by atoms with van der Waals surface area (Å²) < 4.78 is 30.5. The van der Waals surface area contributed by atoms with Gasteiger partial charge in [0.1, 0.15) is 23.5 Å². The van der Waals surface area contributed by atoms with E-state index in [1.54, 1.807) is 26.0 Å². The van der Waals surface area contributed by atoms with Crippen molar-refractivity contribution in [3.63, 3.8) is 0 Å². The summed E-state index contributed by atoms with van der Waals surface area (Å²) in [5.41, 5.74) is -4.12. The molecule has 11 nitrogen and oxygen atoms in total. The summed E-state index contributed by atoms with van der Waals surface area (Å²) in [6, 6.07) is -0.308. The van der Waals surface area contributed by atoms with Crippen LogP contribution >= 0.6 is 0 Å². The van der Waals surface area contributed by atoms with E-state index < -0.39 is 51.1 Å². The molecule has 296 valence electrons. The van der Waals surface area contributed by atoms with Gasteiger partial charge in [-0.05, 0) is 97.8 Å².